The van der Waals surface area contributed by atoms with Gasteiger partial charge in [-0.2, -0.15) is 0 Å². The molecular formula is C23H32O5. The Labute approximate surface area is 167 Å². The van der Waals surface area contributed by atoms with E-state index in [0.717, 1.165) is 44.9 Å². The van der Waals surface area contributed by atoms with Crippen LogP contribution in [0.15, 0.2) is 11.6 Å². The third-order valence-corrected chi connectivity index (χ3v) is 8.57. The fourth-order valence-corrected chi connectivity index (χ4v) is 7.07. The van der Waals surface area contributed by atoms with E-state index in [1.54, 1.807) is 6.92 Å². The van der Waals surface area contributed by atoms with Gasteiger partial charge in [0, 0.05) is 11.8 Å². The molecule has 28 heavy (non-hydrogen) atoms. The smallest absolute Gasteiger partial charge is 0.417 e. The van der Waals surface area contributed by atoms with Crippen LogP contribution in [0.4, 0.5) is 0 Å². The van der Waals surface area contributed by atoms with Crippen LogP contribution in [0.1, 0.15) is 72.1 Å². The van der Waals surface area contributed by atoms with Gasteiger partial charge in [0.15, 0.2) is 5.78 Å². The largest absolute Gasteiger partial charge is 0.458 e. The lowest BCUT2D eigenvalue weighted by Gasteiger charge is -2.57. The van der Waals surface area contributed by atoms with E-state index in [0.29, 0.717) is 30.0 Å². The summed E-state index contributed by atoms with van der Waals surface area (Å²) in [5, 5.41) is 0. The van der Waals surface area contributed by atoms with Crippen molar-refractivity contribution in [3.05, 3.63) is 11.6 Å². The first kappa shape index (κ1) is 19.7. The van der Waals surface area contributed by atoms with Crippen LogP contribution in [0, 0.1) is 28.6 Å². The van der Waals surface area contributed by atoms with Crippen molar-refractivity contribution in [1.82, 2.24) is 0 Å². The molecule has 6 atom stereocenters. The first-order chi connectivity index (χ1) is 13.3. The molecule has 5 heteroatoms. The average molecular weight is 389 g/mol. The van der Waals surface area contributed by atoms with Crippen LogP contribution in [0.2, 0.25) is 0 Å². The zero-order valence-corrected chi connectivity index (χ0v) is 17.3. The normalized spacial score (nSPS) is 42.0. The molecule has 4 rings (SSSR count). The predicted octanol–water partition coefficient (Wildman–Crippen LogP) is 3.99. The number of carbonyl (C=O) groups is 3. The highest BCUT2D eigenvalue weighted by Gasteiger charge is 2.60. The quantitative estimate of drug-likeness (QED) is 0.528. The first-order valence-corrected chi connectivity index (χ1v) is 10.9. The van der Waals surface area contributed by atoms with Gasteiger partial charge >= 0.3 is 11.9 Å². The Balaban J connectivity index is 1.52. The van der Waals surface area contributed by atoms with Gasteiger partial charge in [0.1, 0.15) is 6.10 Å². The molecule has 0 unspecified atom stereocenters. The SMILES string of the molecule is CCOC(=O)C(=O)O[C@@H]1CC[C@H]2[C@H]3CCC4=CC(=O)CC[C@]4(C)[C@@H]3CC[C@]12C. The van der Waals surface area contributed by atoms with Gasteiger partial charge in [-0.25, -0.2) is 9.59 Å². The van der Waals surface area contributed by atoms with Crippen LogP contribution in [-0.4, -0.2) is 30.4 Å². The highest BCUT2D eigenvalue weighted by molar-refractivity contribution is 6.29. The fourth-order valence-electron chi connectivity index (χ4n) is 7.07. The molecule has 0 N–H and O–H groups in total. The van der Waals surface area contributed by atoms with Crippen molar-refractivity contribution in [3.63, 3.8) is 0 Å². The molecule has 4 aliphatic rings. The molecule has 0 aromatic carbocycles. The van der Waals surface area contributed by atoms with E-state index < -0.39 is 11.9 Å². The van der Waals surface area contributed by atoms with E-state index in [1.807, 2.05) is 6.08 Å². The molecule has 3 fully saturated rings. The number of hydrogen-bond acceptors (Lipinski definition) is 5. The van der Waals surface area contributed by atoms with Crippen molar-refractivity contribution < 1.29 is 23.9 Å². The number of allylic oxidation sites excluding steroid dienone is 1. The summed E-state index contributed by atoms with van der Waals surface area (Å²) in [6.45, 7) is 6.49. The summed E-state index contributed by atoms with van der Waals surface area (Å²) in [5.74, 6) is 0.303. The number of ketones is 1. The van der Waals surface area contributed by atoms with Crippen molar-refractivity contribution in [2.75, 3.05) is 6.61 Å². The Morgan fingerprint density at radius 1 is 1.04 bits per heavy atom. The molecule has 0 bridgehead atoms. The summed E-state index contributed by atoms with van der Waals surface area (Å²) < 4.78 is 10.5. The van der Waals surface area contributed by atoms with E-state index in [4.69, 9.17) is 9.47 Å². The zero-order chi connectivity index (χ0) is 20.1. The molecule has 4 aliphatic carbocycles. The van der Waals surface area contributed by atoms with Crippen LogP contribution in [-0.2, 0) is 23.9 Å². The minimum Gasteiger partial charge on any atom is -0.458 e. The summed E-state index contributed by atoms with van der Waals surface area (Å²) in [7, 11) is 0. The van der Waals surface area contributed by atoms with Crippen LogP contribution in [0.3, 0.4) is 0 Å². The topological polar surface area (TPSA) is 69.7 Å². The monoisotopic (exact) mass is 388 g/mol. The number of fused-ring (bicyclic) bond motifs is 5. The lowest BCUT2D eigenvalue weighted by atomic mass is 9.47. The maximum absolute atomic E-state index is 12.1. The van der Waals surface area contributed by atoms with Crippen LogP contribution in [0.5, 0.6) is 0 Å². The molecule has 0 heterocycles. The molecular weight excluding hydrogens is 356 g/mol. The van der Waals surface area contributed by atoms with E-state index in [2.05, 4.69) is 13.8 Å². The molecule has 0 aromatic rings. The maximum Gasteiger partial charge on any atom is 0.417 e. The van der Waals surface area contributed by atoms with Gasteiger partial charge in [-0.3, -0.25) is 4.79 Å². The zero-order valence-electron chi connectivity index (χ0n) is 17.3. The van der Waals surface area contributed by atoms with Gasteiger partial charge < -0.3 is 9.47 Å². The standard InChI is InChI=1S/C23H32O5/c1-4-27-20(25)21(26)28-19-8-7-17-16-6-5-14-13-15(24)9-11-22(14,2)18(16)10-12-23(17,19)3/h13,16-19H,4-12H2,1-3H3/t16-,17+,18-,19-,22+,23+/m1/s1. The van der Waals surface area contributed by atoms with E-state index >= 15 is 0 Å². The molecule has 0 aliphatic heterocycles. The molecule has 0 radical (unpaired) electrons. The summed E-state index contributed by atoms with van der Waals surface area (Å²) in [6.07, 6.45) is 9.51. The number of rotatable bonds is 2. The molecule has 154 valence electrons. The fraction of sp³-hybridized carbons (Fsp3) is 0.783. The lowest BCUT2D eigenvalue weighted by Crippen LogP contribution is -2.51. The van der Waals surface area contributed by atoms with Crippen molar-refractivity contribution in [2.45, 2.75) is 78.2 Å². The second kappa shape index (κ2) is 7.00. The Bertz CT molecular complexity index is 725. The summed E-state index contributed by atoms with van der Waals surface area (Å²) >= 11 is 0. The molecule has 0 saturated heterocycles. The Morgan fingerprint density at radius 3 is 2.57 bits per heavy atom. The van der Waals surface area contributed by atoms with Gasteiger partial charge in [0.25, 0.3) is 0 Å². The van der Waals surface area contributed by atoms with Crippen molar-refractivity contribution in [2.24, 2.45) is 28.6 Å². The van der Waals surface area contributed by atoms with Gasteiger partial charge in [-0.1, -0.05) is 19.4 Å². The van der Waals surface area contributed by atoms with E-state index in [1.165, 1.54) is 5.57 Å². The van der Waals surface area contributed by atoms with Crippen LogP contribution < -0.4 is 0 Å². The Kier molecular flexibility index (Phi) is 4.91. The third-order valence-electron chi connectivity index (χ3n) is 8.57. The number of hydrogen-bond donors (Lipinski definition) is 0. The van der Waals surface area contributed by atoms with Gasteiger partial charge in [-0.15, -0.1) is 0 Å². The third kappa shape index (κ3) is 2.93. The molecule has 5 nitrogen and oxygen atoms in total. The van der Waals surface area contributed by atoms with Crippen LogP contribution >= 0.6 is 0 Å². The number of ether oxygens (including phenoxy) is 2. The first-order valence-electron chi connectivity index (χ1n) is 10.9. The average Bonchev–Trinajstić information content (AvgIpc) is 2.99. The number of carbonyl (C=O) groups excluding carboxylic acids is 3. The highest BCUT2D eigenvalue weighted by Crippen LogP contribution is 2.65. The van der Waals surface area contributed by atoms with Crippen molar-refractivity contribution >= 4 is 17.7 Å². The summed E-state index contributed by atoms with van der Waals surface area (Å²) in [4.78, 5) is 35.8. The van der Waals surface area contributed by atoms with Crippen molar-refractivity contribution in [3.8, 4) is 0 Å². The second-order valence-electron chi connectivity index (χ2n) is 9.71. The van der Waals surface area contributed by atoms with E-state index in [9.17, 15) is 14.4 Å². The van der Waals surface area contributed by atoms with Gasteiger partial charge in [0.05, 0.1) is 6.61 Å². The van der Waals surface area contributed by atoms with E-state index in [-0.39, 0.29) is 23.5 Å². The lowest BCUT2D eigenvalue weighted by molar-refractivity contribution is -0.176. The second-order valence-corrected chi connectivity index (χ2v) is 9.71. The number of esters is 2. The predicted molar refractivity (Wildman–Crippen MR) is 103 cm³/mol. The van der Waals surface area contributed by atoms with Gasteiger partial charge in [-0.05, 0) is 81.1 Å². The van der Waals surface area contributed by atoms with Crippen molar-refractivity contribution in [1.29, 1.82) is 0 Å². The van der Waals surface area contributed by atoms with Gasteiger partial charge in [0.2, 0.25) is 0 Å². The minimum atomic E-state index is -0.880. The highest BCUT2D eigenvalue weighted by atomic mass is 16.6. The molecule has 0 spiro atoms. The minimum absolute atomic E-state index is 0.0641. The summed E-state index contributed by atoms with van der Waals surface area (Å²) in [5.41, 5.74) is 1.46. The molecule has 3 saturated carbocycles. The summed E-state index contributed by atoms with van der Waals surface area (Å²) in [6, 6.07) is 0. The Hall–Kier alpha value is -1.65. The van der Waals surface area contributed by atoms with Crippen LogP contribution in [0.25, 0.3) is 0 Å². The Morgan fingerprint density at radius 2 is 1.82 bits per heavy atom. The maximum atomic E-state index is 12.1. The molecule has 0 aromatic heterocycles. The molecule has 0 amide bonds.